The third-order valence-electron chi connectivity index (χ3n) is 5.55. The molecule has 30 heavy (non-hydrogen) atoms. The van der Waals surface area contributed by atoms with Gasteiger partial charge in [0.15, 0.2) is 11.6 Å². The summed E-state index contributed by atoms with van der Waals surface area (Å²) in [4.78, 5) is 26.7. The number of nitrogens with zero attached hydrogens (tertiary/aromatic N) is 1. The molecule has 7 nitrogen and oxygen atoms in total. The second-order valence-corrected chi connectivity index (χ2v) is 7.37. The summed E-state index contributed by atoms with van der Waals surface area (Å²) in [5.74, 6) is -1.73. The van der Waals surface area contributed by atoms with Crippen LogP contribution in [0, 0.1) is 11.2 Å². The normalized spacial score (nSPS) is 21.2. The Morgan fingerprint density at radius 3 is 2.63 bits per heavy atom. The summed E-state index contributed by atoms with van der Waals surface area (Å²) < 4.78 is 23.8. The van der Waals surface area contributed by atoms with E-state index in [9.17, 15) is 24.2 Å². The number of hydrogen-bond acceptors (Lipinski definition) is 5. The molecule has 8 heteroatoms. The van der Waals surface area contributed by atoms with Crippen molar-refractivity contribution in [3.8, 4) is 11.5 Å². The van der Waals surface area contributed by atoms with Crippen molar-refractivity contribution in [2.45, 2.75) is 18.9 Å². The fourth-order valence-electron chi connectivity index (χ4n) is 3.83. The van der Waals surface area contributed by atoms with Crippen LogP contribution in [0.15, 0.2) is 42.5 Å². The maximum Gasteiger partial charge on any atom is 0.314 e. The number of aliphatic carboxylic acids is 1. The minimum Gasteiger partial charge on any atom is -0.497 e. The van der Waals surface area contributed by atoms with E-state index in [0.29, 0.717) is 11.3 Å². The third-order valence-corrected chi connectivity index (χ3v) is 5.55. The highest BCUT2D eigenvalue weighted by atomic mass is 19.1. The van der Waals surface area contributed by atoms with Crippen LogP contribution in [0.3, 0.4) is 0 Å². The molecule has 2 N–H and O–H groups in total. The molecule has 0 unspecified atom stereocenters. The molecule has 3 rings (SSSR count). The quantitative estimate of drug-likeness (QED) is 0.749. The molecule has 0 bridgehead atoms. The van der Waals surface area contributed by atoms with Crippen molar-refractivity contribution in [1.82, 2.24) is 4.90 Å². The van der Waals surface area contributed by atoms with Crippen LogP contribution in [-0.4, -0.2) is 60.4 Å². The van der Waals surface area contributed by atoms with Crippen molar-refractivity contribution in [2.75, 3.05) is 27.3 Å². The lowest BCUT2D eigenvalue weighted by Gasteiger charge is -2.43. The maximum atomic E-state index is 13.7. The number of carboxylic acid groups (broad SMARTS) is 1. The van der Waals surface area contributed by atoms with Gasteiger partial charge < -0.3 is 24.6 Å². The fourth-order valence-corrected chi connectivity index (χ4v) is 3.83. The summed E-state index contributed by atoms with van der Waals surface area (Å²) in [6.45, 7) is 0.00602. The predicted octanol–water partition coefficient (Wildman–Crippen LogP) is 2.36. The Bertz CT molecular complexity index is 949. The van der Waals surface area contributed by atoms with Gasteiger partial charge in [-0.2, -0.15) is 0 Å². The molecular weight excluding hydrogens is 393 g/mol. The van der Waals surface area contributed by atoms with Gasteiger partial charge in [-0.25, -0.2) is 4.39 Å². The van der Waals surface area contributed by atoms with Crippen LogP contribution in [-0.2, 0) is 11.2 Å². The maximum absolute atomic E-state index is 13.7. The Balaban J connectivity index is 1.90. The number of carboxylic acids is 1. The highest BCUT2D eigenvalue weighted by molar-refractivity contribution is 5.95. The van der Waals surface area contributed by atoms with Crippen molar-refractivity contribution >= 4 is 11.9 Å². The van der Waals surface area contributed by atoms with Crippen molar-refractivity contribution in [3.63, 3.8) is 0 Å². The van der Waals surface area contributed by atoms with Crippen LogP contribution in [0.5, 0.6) is 11.5 Å². The lowest BCUT2D eigenvalue weighted by molar-refractivity contribution is -0.161. The van der Waals surface area contributed by atoms with Gasteiger partial charge in [-0.15, -0.1) is 0 Å². The first-order valence-corrected chi connectivity index (χ1v) is 9.48. The van der Waals surface area contributed by atoms with Crippen LogP contribution >= 0.6 is 0 Å². The third kappa shape index (κ3) is 4.09. The first kappa shape index (κ1) is 21.6. The number of piperidine rings is 1. The average molecular weight is 417 g/mol. The zero-order valence-corrected chi connectivity index (χ0v) is 16.8. The molecule has 2 atom stereocenters. The minimum atomic E-state index is -1.58. The second kappa shape index (κ2) is 8.71. The number of halogens is 1. The van der Waals surface area contributed by atoms with Crippen molar-refractivity contribution in [2.24, 2.45) is 5.41 Å². The minimum absolute atomic E-state index is 0.0250. The highest BCUT2D eigenvalue weighted by Crippen LogP contribution is 2.36. The van der Waals surface area contributed by atoms with E-state index in [1.54, 1.807) is 24.3 Å². The topological polar surface area (TPSA) is 96.3 Å². The van der Waals surface area contributed by atoms with Crippen LogP contribution in [0.2, 0.25) is 0 Å². The Kier molecular flexibility index (Phi) is 6.26. The first-order chi connectivity index (χ1) is 14.3. The molecule has 1 aliphatic heterocycles. The van der Waals surface area contributed by atoms with Crippen molar-refractivity contribution in [1.29, 1.82) is 0 Å². The number of carbonyl (C=O) groups is 2. The van der Waals surface area contributed by atoms with E-state index in [-0.39, 0.29) is 37.2 Å². The summed E-state index contributed by atoms with van der Waals surface area (Å²) >= 11 is 0. The van der Waals surface area contributed by atoms with Crippen LogP contribution in [0.4, 0.5) is 4.39 Å². The first-order valence-electron chi connectivity index (χ1n) is 9.48. The number of hydrogen-bond donors (Lipinski definition) is 2. The number of aliphatic hydroxyl groups is 1. The van der Waals surface area contributed by atoms with Gasteiger partial charge in [0.1, 0.15) is 11.2 Å². The predicted molar refractivity (Wildman–Crippen MR) is 106 cm³/mol. The van der Waals surface area contributed by atoms with Gasteiger partial charge in [-0.05, 0) is 48.7 Å². The zero-order chi connectivity index (χ0) is 21.9. The van der Waals surface area contributed by atoms with Gasteiger partial charge in [-0.3, -0.25) is 9.59 Å². The highest BCUT2D eigenvalue weighted by Gasteiger charge is 2.50. The monoisotopic (exact) mass is 417 g/mol. The van der Waals surface area contributed by atoms with Gasteiger partial charge >= 0.3 is 5.97 Å². The smallest absolute Gasteiger partial charge is 0.314 e. The number of benzene rings is 2. The Labute approximate surface area is 173 Å². The van der Waals surface area contributed by atoms with Crippen LogP contribution < -0.4 is 9.47 Å². The molecule has 0 spiro atoms. The zero-order valence-electron chi connectivity index (χ0n) is 16.8. The summed E-state index contributed by atoms with van der Waals surface area (Å²) in [7, 11) is 2.81. The largest absolute Gasteiger partial charge is 0.497 e. The molecule has 0 aliphatic carbocycles. The standard InChI is InChI=1S/C22H24FNO6/c1-29-16-5-3-4-14(10-16)12-22(21(27)28)13-24(9-8-19(22)25)20(26)15-6-7-17(23)18(11-15)30-2/h3-7,10-11,19,25H,8-9,12-13H2,1-2H3,(H,27,28)/t19-,22+/m0/s1. The van der Waals surface area contributed by atoms with E-state index in [1.807, 2.05) is 0 Å². The molecule has 1 aliphatic rings. The molecule has 160 valence electrons. The van der Waals surface area contributed by atoms with Crippen molar-refractivity contribution in [3.05, 3.63) is 59.4 Å². The van der Waals surface area contributed by atoms with E-state index in [1.165, 1.54) is 31.3 Å². The molecule has 1 fully saturated rings. The van der Waals surface area contributed by atoms with Gasteiger partial charge in [0.25, 0.3) is 5.91 Å². The van der Waals surface area contributed by atoms with Crippen LogP contribution in [0.25, 0.3) is 0 Å². The number of ether oxygens (including phenoxy) is 2. The summed E-state index contributed by atoms with van der Waals surface area (Å²) in [5, 5.41) is 20.7. The SMILES string of the molecule is COc1cccc(C[C@@]2(C(=O)O)CN(C(=O)c3ccc(F)c(OC)c3)CC[C@@H]2O)c1. The summed E-state index contributed by atoms with van der Waals surface area (Å²) in [6.07, 6.45) is -0.995. The number of amides is 1. The Hall–Kier alpha value is -3.13. The van der Waals surface area contributed by atoms with Gasteiger partial charge in [0.2, 0.25) is 0 Å². The Morgan fingerprint density at radius 1 is 1.20 bits per heavy atom. The van der Waals surface area contributed by atoms with Gasteiger partial charge in [0, 0.05) is 18.7 Å². The molecule has 2 aromatic rings. The van der Waals surface area contributed by atoms with Crippen LogP contribution in [0.1, 0.15) is 22.3 Å². The molecule has 1 amide bonds. The van der Waals surface area contributed by atoms with E-state index in [4.69, 9.17) is 9.47 Å². The molecular formula is C22H24FNO6. The molecule has 0 aromatic heterocycles. The summed E-state index contributed by atoms with van der Waals surface area (Å²) in [5.41, 5.74) is -0.719. The summed E-state index contributed by atoms with van der Waals surface area (Å²) in [6, 6.07) is 10.7. The number of likely N-dealkylation sites (tertiary alicyclic amines) is 1. The fraction of sp³-hybridized carbons (Fsp3) is 0.364. The van der Waals surface area contributed by atoms with Gasteiger partial charge in [0.05, 0.1) is 20.3 Å². The van der Waals surface area contributed by atoms with Gasteiger partial charge in [-0.1, -0.05) is 12.1 Å². The van der Waals surface area contributed by atoms with E-state index in [2.05, 4.69) is 0 Å². The molecule has 0 saturated carbocycles. The second-order valence-electron chi connectivity index (χ2n) is 7.37. The molecule has 1 saturated heterocycles. The molecule has 2 aromatic carbocycles. The average Bonchev–Trinajstić information content (AvgIpc) is 2.75. The van der Waals surface area contributed by atoms with E-state index >= 15 is 0 Å². The number of rotatable bonds is 6. The van der Waals surface area contributed by atoms with E-state index in [0.717, 1.165) is 6.07 Å². The number of aliphatic hydroxyl groups excluding tert-OH is 1. The lowest BCUT2D eigenvalue weighted by Crippen LogP contribution is -2.58. The number of carbonyl (C=O) groups excluding carboxylic acids is 1. The van der Waals surface area contributed by atoms with E-state index < -0.39 is 29.2 Å². The molecule has 0 radical (unpaired) electrons. The lowest BCUT2D eigenvalue weighted by atomic mass is 9.72. The Morgan fingerprint density at radius 2 is 1.97 bits per heavy atom. The number of methoxy groups -OCH3 is 2. The molecule has 1 heterocycles. The van der Waals surface area contributed by atoms with Crippen molar-refractivity contribution < 1.29 is 33.7 Å².